The molecule has 1 aromatic rings. The fourth-order valence-electron chi connectivity index (χ4n) is 0.709. The van der Waals surface area contributed by atoms with E-state index in [0.717, 1.165) is 5.56 Å². The van der Waals surface area contributed by atoms with Crippen molar-refractivity contribution in [2.75, 3.05) is 0 Å². The summed E-state index contributed by atoms with van der Waals surface area (Å²) in [5.74, 6) is 0. The summed E-state index contributed by atoms with van der Waals surface area (Å²) in [5, 5.41) is 2.78. The Hall–Kier alpha value is -1.44. The molecule has 10 heavy (non-hydrogen) atoms. The highest BCUT2D eigenvalue weighted by atomic mass is 16.3. The summed E-state index contributed by atoms with van der Waals surface area (Å²) < 4.78 is 0. The highest BCUT2D eigenvalue weighted by Gasteiger charge is 1.89. The number of rotatable bonds is 2. The van der Waals surface area contributed by atoms with Crippen LogP contribution >= 0.6 is 0 Å². The molecule has 0 aromatic heterocycles. The van der Waals surface area contributed by atoms with Gasteiger partial charge in [0.15, 0.2) is 0 Å². The maximum absolute atomic E-state index is 9.99. The van der Waals surface area contributed by atoms with Crippen LogP contribution in [-0.4, -0.2) is 0 Å². The van der Waals surface area contributed by atoms with Crippen molar-refractivity contribution in [3.8, 4) is 0 Å². The predicted molar refractivity (Wildman–Crippen MR) is 42.0 cm³/mol. The van der Waals surface area contributed by atoms with Crippen molar-refractivity contribution in [3.05, 3.63) is 41.3 Å². The van der Waals surface area contributed by atoms with Gasteiger partial charge < -0.3 is 0 Å². The van der Waals surface area contributed by atoms with Gasteiger partial charge in [0.2, 0.25) is 0 Å². The second-order valence-electron chi connectivity index (χ2n) is 1.89. The van der Waals surface area contributed by atoms with Gasteiger partial charge in [-0.3, -0.25) is 0 Å². The van der Waals surface area contributed by atoms with Crippen LogP contribution in [0, 0.1) is 4.91 Å². The molecule has 0 saturated heterocycles. The van der Waals surface area contributed by atoms with E-state index in [0.29, 0.717) is 5.69 Å². The third-order valence-corrected chi connectivity index (χ3v) is 1.21. The lowest BCUT2D eigenvalue weighted by Gasteiger charge is -1.90. The topological polar surface area (TPSA) is 29.4 Å². The fraction of sp³-hybridized carbons (Fsp3) is 0. The first-order valence-corrected chi connectivity index (χ1v) is 2.92. The highest BCUT2D eigenvalue weighted by Crippen LogP contribution is 2.13. The number of nitrogens with zero attached hydrogens (tertiary/aromatic N) is 1. The lowest BCUT2D eigenvalue weighted by molar-refractivity contribution is 1.49. The normalized spacial score (nSPS) is 8.80. The van der Waals surface area contributed by atoms with E-state index in [1.165, 1.54) is 0 Å². The van der Waals surface area contributed by atoms with Crippen molar-refractivity contribution in [3.63, 3.8) is 0 Å². The smallest absolute Gasteiger partial charge is 0.108 e. The van der Waals surface area contributed by atoms with Crippen molar-refractivity contribution in [1.82, 2.24) is 0 Å². The standard InChI is InChI=1S/C8H7NO/c1-2-7-4-3-5-8(6-7)9-10/h2-6H,1H2. The molecule has 50 valence electrons. The lowest BCUT2D eigenvalue weighted by atomic mass is 10.2. The molecule has 0 saturated carbocycles. The molecule has 0 atom stereocenters. The van der Waals surface area contributed by atoms with E-state index in [9.17, 15) is 4.91 Å². The first kappa shape index (κ1) is 6.68. The molecule has 2 heteroatoms. The van der Waals surface area contributed by atoms with Gasteiger partial charge in [-0.2, -0.15) is 0 Å². The Morgan fingerprint density at radius 2 is 2.30 bits per heavy atom. The molecule has 0 heterocycles. The molecule has 2 nitrogen and oxygen atoms in total. The van der Waals surface area contributed by atoms with Gasteiger partial charge in [-0.25, -0.2) is 0 Å². The molecule has 0 aliphatic rings. The first-order valence-electron chi connectivity index (χ1n) is 2.92. The van der Waals surface area contributed by atoms with E-state index in [1.807, 2.05) is 6.07 Å². The first-order chi connectivity index (χ1) is 4.86. The quantitative estimate of drug-likeness (QED) is 0.570. The molecule has 0 bridgehead atoms. The maximum Gasteiger partial charge on any atom is 0.108 e. The molecule has 0 unspecified atom stereocenters. The molecule has 0 radical (unpaired) electrons. The Morgan fingerprint density at radius 1 is 1.50 bits per heavy atom. The van der Waals surface area contributed by atoms with Crippen LogP contribution in [0.5, 0.6) is 0 Å². The summed E-state index contributed by atoms with van der Waals surface area (Å²) in [5.41, 5.74) is 1.36. The molecule has 1 aromatic carbocycles. The van der Waals surface area contributed by atoms with Crippen molar-refractivity contribution < 1.29 is 0 Å². The molecule has 0 fully saturated rings. The zero-order valence-electron chi connectivity index (χ0n) is 5.45. The zero-order chi connectivity index (χ0) is 7.40. The van der Waals surface area contributed by atoms with E-state index < -0.39 is 0 Å². The average Bonchev–Trinajstić information content (AvgIpc) is 2.05. The third-order valence-electron chi connectivity index (χ3n) is 1.21. The second kappa shape index (κ2) is 2.92. The average molecular weight is 133 g/mol. The fourth-order valence-corrected chi connectivity index (χ4v) is 0.709. The summed E-state index contributed by atoms with van der Waals surface area (Å²) >= 11 is 0. The van der Waals surface area contributed by atoms with Crippen molar-refractivity contribution in [1.29, 1.82) is 0 Å². The van der Waals surface area contributed by atoms with Gasteiger partial charge in [-0.1, -0.05) is 24.8 Å². The summed E-state index contributed by atoms with van der Waals surface area (Å²) in [4.78, 5) is 9.99. The van der Waals surface area contributed by atoms with Crippen LogP contribution < -0.4 is 0 Å². The van der Waals surface area contributed by atoms with E-state index in [4.69, 9.17) is 0 Å². The molecular formula is C8H7NO. The minimum absolute atomic E-state index is 0.442. The molecular weight excluding hydrogens is 126 g/mol. The van der Waals surface area contributed by atoms with Gasteiger partial charge in [0.1, 0.15) is 5.69 Å². The third kappa shape index (κ3) is 1.29. The number of nitroso groups, excluding NO2 is 1. The van der Waals surface area contributed by atoms with E-state index in [-0.39, 0.29) is 0 Å². The zero-order valence-corrected chi connectivity index (χ0v) is 5.45. The minimum Gasteiger partial charge on any atom is -0.145 e. The maximum atomic E-state index is 9.99. The number of hydrogen-bond donors (Lipinski definition) is 0. The van der Waals surface area contributed by atoms with Gasteiger partial charge >= 0.3 is 0 Å². The largest absolute Gasteiger partial charge is 0.145 e. The molecule has 1 rings (SSSR count). The van der Waals surface area contributed by atoms with Crippen molar-refractivity contribution >= 4 is 11.8 Å². The van der Waals surface area contributed by atoms with Gasteiger partial charge in [0, 0.05) is 0 Å². The lowest BCUT2D eigenvalue weighted by Crippen LogP contribution is -1.67. The van der Waals surface area contributed by atoms with Crippen LogP contribution in [0.15, 0.2) is 36.0 Å². The molecule has 0 aliphatic heterocycles. The Kier molecular flexibility index (Phi) is 1.95. The van der Waals surface area contributed by atoms with Crippen LogP contribution in [0.4, 0.5) is 5.69 Å². The Morgan fingerprint density at radius 3 is 2.90 bits per heavy atom. The van der Waals surface area contributed by atoms with Crippen LogP contribution in [0.3, 0.4) is 0 Å². The number of benzene rings is 1. The van der Waals surface area contributed by atoms with Crippen molar-refractivity contribution in [2.45, 2.75) is 0 Å². The number of hydrogen-bond acceptors (Lipinski definition) is 2. The molecule has 0 aliphatic carbocycles. The monoisotopic (exact) mass is 133 g/mol. The van der Waals surface area contributed by atoms with Crippen LogP contribution in [0.2, 0.25) is 0 Å². The summed E-state index contributed by atoms with van der Waals surface area (Å²) in [6, 6.07) is 6.97. The molecule has 0 amide bonds. The molecule has 0 N–H and O–H groups in total. The highest BCUT2D eigenvalue weighted by molar-refractivity contribution is 5.53. The van der Waals surface area contributed by atoms with Gasteiger partial charge in [-0.05, 0) is 22.9 Å². The SMILES string of the molecule is C=Cc1cccc(N=O)c1. The summed E-state index contributed by atoms with van der Waals surface area (Å²) in [6.45, 7) is 3.56. The van der Waals surface area contributed by atoms with Crippen molar-refractivity contribution in [2.24, 2.45) is 5.18 Å². The van der Waals surface area contributed by atoms with Crippen LogP contribution in [0.25, 0.3) is 6.08 Å². The summed E-state index contributed by atoms with van der Waals surface area (Å²) in [6.07, 6.45) is 1.68. The van der Waals surface area contributed by atoms with Gasteiger partial charge in [-0.15, -0.1) is 4.91 Å². The minimum atomic E-state index is 0.442. The second-order valence-corrected chi connectivity index (χ2v) is 1.89. The van der Waals surface area contributed by atoms with Gasteiger partial charge in [0.25, 0.3) is 0 Å². The summed E-state index contributed by atoms with van der Waals surface area (Å²) in [7, 11) is 0. The Labute approximate surface area is 59.2 Å². The Balaban J connectivity index is 3.09. The van der Waals surface area contributed by atoms with Crippen LogP contribution in [-0.2, 0) is 0 Å². The van der Waals surface area contributed by atoms with E-state index >= 15 is 0 Å². The Bertz CT molecular complexity index is 232. The van der Waals surface area contributed by atoms with E-state index in [2.05, 4.69) is 11.8 Å². The van der Waals surface area contributed by atoms with Gasteiger partial charge in [0.05, 0.1) is 0 Å². The van der Waals surface area contributed by atoms with E-state index in [1.54, 1.807) is 24.3 Å². The molecule has 0 spiro atoms. The van der Waals surface area contributed by atoms with Crippen LogP contribution in [0.1, 0.15) is 5.56 Å². The predicted octanol–water partition coefficient (Wildman–Crippen LogP) is 2.73.